The number of methoxy groups -OCH3 is 1. The van der Waals surface area contributed by atoms with Crippen LogP contribution in [0, 0.1) is 0 Å². The molecule has 0 unspecified atom stereocenters. The van der Waals surface area contributed by atoms with Crippen molar-refractivity contribution in [2.75, 3.05) is 20.2 Å². The monoisotopic (exact) mass is 382 g/mol. The highest BCUT2D eigenvalue weighted by Crippen LogP contribution is 2.41. The summed E-state index contributed by atoms with van der Waals surface area (Å²) in [7, 11) is 1.55. The fourth-order valence-corrected chi connectivity index (χ4v) is 4.42. The van der Waals surface area contributed by atoms with Crippen LogP contribution in [0.15, 0.2) is 23.2 Å². The van der Waals surface area contributed by atoms with Gasteiger partial charge in [0.2, 0.25) is 0 Å². The zero-order valence-corrected chi connectivity index (χ0v) is 17.0. The van der Waals surface area contributed by atoms with Gasteiger partial charge in [-0.25, -0.2) is 0 Å². The third-order valence-electron chi connectivity index (χ3n) is 4.72. The predicted octanol–water partition coefficient (Wildman–Crippen LogP) is 5.25. The van der Waals surface area contributed by atoms with Crippen LogP contribution in [0.3, 0.4) is 0 Å². The summed E-state index contributed by atoms with van der Waals surface area (Å²) >= 11 is 7.79. The molecule has 138 valence electrons. The topological polar surface area (TPSA) is 41.9 Å². The summed E-state index contributed by atoms with van der Waals surface area (Å²) in [5, 5.41) is 1.33. The number of nitrogens with zero attached hydrogens (tertiary/aromatic N) is 2. The molecule has 1 aliphatic rings. The summed E-state index contributed by atoms with van der Waals surface area (Å²) in [6.07, 6.45) is 4.34. The van der Waals surface area contributed by atoms with Crippen molar-refractivity contribution in [3.8, 4) is 5.75 Å². The van der Waals surface area contributed by atoms with Crippen LogP contribution in [0.4, 0.5) is 0 Å². The first kappa shape index (κ1) is 20.1. The molecule has 4 nitrogen and oxygen atoms in total. The number of hydrogen-bond donors (Lipinski definition) is 0. The summed E-state index contributed by atoms with van der Waals surface area (Å²) in [4.78, 5) is 19.5. The molecule has 1 heterocycles. The molecule has 2 rings (SSSR count). The Balaban J connectivity index is 2.32. The SMILES string of the molecule is CCCCN1CC(CC)(CC)S/C1=N\C(=O)c1cc(Cl)ccc1OC. The van der Waals surface area contributed by atoms with Gasteiger partial charge in [0.15, 0.2) is 5.17 Å². The largest absolute Gasteiger partial charge is 0.496 e. The Labute approximate surface area is 160 Å². The quantitative estimate of drug-likeness (QED) is 0.645. The van der Waals surface area contributed by atoms with Gasteiger partial charge in [-0.1, -0.05) is 50.6 Å². The lowest BCUT2D eigenvalue weighted by atomic mass is 10.0. The normalized spacial score (nSPS) is 18.0. The van der Waals surface area contributed by atoms with Crippen molar-refractivity contribution in [1.29, 1.82) is 0 Å². The molecule has 1 saturated heterocycles. The molecule has 0 saturated carbocycles. The molecule has 1 aromatic rings. The molecule has 0 N–H and O–H groups in total. The van der Waals surface area contributed by atoms with Crippen molar-refractivity contribution in [2.45, 2.75) is 51.2 Å². The smallest absolute Gasteiger partial charge is 0.283 e. The van der Waals surface area contributed by atoms with Crippen molar-refractivity contribution >= 4 is 34.4 Å². The van der Waals surface area contributed by atoms with Gasteiger partial charge in [0.05, 0.1) is 12.7 Å². The molecule has 0 aromatic heterocycles. The number of benzene rings is 1. The van der Waals surface area contributed by atoms with E-state index >= 15 is 0 Å². The summed E-state index contributed by atoms with van der Waals surface area (Å²) in [5.74, 6) is 0.199. The number of amidine groups is 1. The van der Waals surface area contributed by atoms with Crippen molar-refractivity contribution in [1.82, 2.24) is 4.90 Å². The summed E-state index contributed by atoms with van der Waals surface area (Å²) < 4.78 is 5.44. The Morgan fingerprint density at radius 1 is 1.36 bits per heavy atom. The second-order valence-corrected chi connectivity index (χ2v) is 8.18. The fourth-order valence-electron chi connectivity index (χ4n) is 2.94. The highest BCUT2D eigenvalue weighted by atomic mass is 35.5. The molecule has 6 heteroatoms. The highest BCUT2D eigenvalue weighted by Gasteiger charge is 2.40. The van der Waals surface area contributed by atoms with Crippen molar-refractivity contribution in [2.24, 2.45) is 4.99 Å². The van der Waals surface area contributed by atoms with E-state index in [2.05, 4.69) is 30.7 Å². The van der Waals surface area contributed by atoms with Crippen molar-refractivity contribution in [3.05, 3.63) is 28.8 Å². The van der Waals surface area contributed by atoms with Gasteiger partial charge in [-0.15, -0.1) is 0 Å². The number of carbonyl (C=O) groups is 1. The van der Waals surface area contributed by atoms with E-state index in [9.17, 15) is 4.79 Å². The zero-order valence-electron chi connectivity index (χ0n) is 15.5. The first-order valence-electron chi connectivity index (χ1n) is 8.89. The maximum absolute atomic E-state index is 12.8. The minimum absolute atomic E-state index is 0.144. The number of halogens is 1. The Hall–Kier alpha value is -1.20. The summed E-state index contributed by atoms with van der Waals surface area (Å²) in [6.45, 7) is 8.47. The van der Waals surface area contributed by atoms with Crippen molar-refractivity contribution in [3.63, 3.8) is 0 Å². The molecular weight excluding hydrogens is 356 g/mol. The molecule has 0 aliphatic carbocycles. The van der Waals surface area contributed by atoms with Gasteiger partial charge in [0.1, 0.15) is 5.75 Å². The van der Waals surface area contributed by atoms with Crippen molar-refractivity contribution < 1.29 is 9.53 Å². The van der Waals surface area contributed by atoms with E-state index in [0.29, 0.717) is 16.3 Å². The highest BCUT2D eigenvalue weighted by molar-refractivity contribution is 8.15. The van der Waals surface area contributed by atoms with E-state index in [4.69, 9.17) is 16.3 Å². The van der Waals surface area contributed by atoms with Gasteiger partial charge in [0.25, 0.3) is 5.91 Å². The average Bonchev–Trinajstić information content (AvgIpc) is 2.98. The first-order valence-corrected chi connectivity index (χ1v) is 10.1. The minimum atomic E-state index is -0.300. The van der Waals surface area contributed by atoms with E-state index in [1.807, 2.05) is 0 Å². The van der Waals surface area contributed by atoms with E-state index in [1.165, 1.54) is 0 Å². The Morgan fingerprint density at radius 2 is 2.08 bits per heavy atom. The molecule has 0 radical (unpaired) electrons. The number of carbonyl (C=O) groups excluding carboxylic acids is 1. The van der Waals surface area contributed by atoms with Gasteiger partial charge in [-0.3, -0.25) is 4.79 Å². The van der Waals surface area contributed by atoms with Gasteiger partial charge in [-0.2, -0.15) is 4.99 Å². The molecule has 0 atom stereocenters. The zero-order chi connectivity index (χ0) is 18.4. The van der Waals surface area contributed by atoms with Gasteiger partial charge in [0, 0.05) is 22.9 Å². The van der Waals surface area contributed by atoms with Crippen LogP contribution in [-0.2, 0) is 0 Å². The lowest BCUT2D eigenvalue weighted by Crippen LogP contribution is -2.32. The molecule has 1 fully saturated rings. The number of ether oxygens (including phenoxy) is 1. The fraction of sp³-hybridized carbons (Fsp3) is 0.579. The van der Waals surface area contributed by atoms with E-state index < -0.39 is 0 Å². The molecular formula is C19H27ClN2O2S. The predicted molar refractivity (Wildman–Crippen MR) is 107 cm³/mol. The van der Waals surface area contributed by atoms with Gasteiger partial charge in [-0.05, 0) is 37.5 Å². The van der Waals surface area contributed by atoms with Crippen LogP contribution in [0.5, 0.6) is 5.75 Å². The second-order valence-electron chi connectivity index (χ2n) is 6.31. The molecule has 1 aromatic carbocycles. The molecule has 0 spiro atoms. The minimum Gasteiger partial charge on any atom is -0.496 e. The standard InChI is InChI=1S/C19H27ClN2O2S/c1-5-8-11-22-13-19(6-2,7-3)25-18(22)21-17(23)15-12-14(20)9-10-16(15)24-4/h9-10,12H,5-8,11,13H2,1-4H3/b21-18-. The Kier molecular flexibility index (Phi) is 7.20. The molecule has 0 bridgehead atoms. The molecule has 25 heavy (non-hydrogen) atoms. The van der Waals surface area contributed by atoms with E-state index in [0.717, 1.165) is 43.9 Å². The number of unbranched alkanes of at least 4 members (excludes halogenated alkanes) is 1. The number of amides is 1. The van der Waals surface area contributed by atoms with Gasteiger partial charge >= 0.3 is 0 Å². The van der Waals surface area contributed by atoms with Crippen LogP contribution < -0.4 is 4.74 Å². The Bertz CT molecular complexity index is 644. The van der Waals surface area contributed by atoms with Crippen LogP contribution in [0.25, 0.3) is 0 Å². The van der Waals surface area contributed by atoms with Gasteiger partial charge < -0.3 is 9.64 Å². The summed E-state index contributed by atoms with van der Waals surface area (Å²) in [6, 6.07) is 5.03. The van der Waals surface area contributed by atoms with Crippen LogP contribution >= 0.6 is 23.4 Å². The van der Waals surface area contributed by atoms with Crippen LogP contribution in [0.2, 0.25) is 5.02 Å². The van der Waals surface area contributed by atoms with E-state index in [1.54, 1.807) is 37.1 Å². The number of rotatable bonds is 7. The third-order valence-corrected chi connectivity index (χ3v) is 6.62. The summed E-state index contributed by atoms with van der Waals surface area (Å²) in [5.41, 5.74) is 0.407. The molecule has 1 amide bonds. The maximum Gasteiger partial charge on any atom is 0.283 e. The maximum atomic E-state index is 12.8. The lowest BCUT2D eigenvalue weighted by Gasteiger charge is -2.24. The first-order chi connectivity index (χ1) is 12.0. The van der Waals surface area contributed by atoms with Crippen LogP contribution in [0.1, 0.15) is 56.8 Å². The molecule has 1 aliphatic heterocycles. The van der Waals surface area contributed by atoms with E-state index in [-0.39, 0.29) is 10.7 Å². The number of thioether (sulfide) groups is 1. The van der Waals surface area contributed by atoms with Crippen LogP contribution in [-0.4, -0.2) is 40.9 Å². The lowest BCUT2D eigenvalue weighted by molar-refractivity contribution is 0.0999. The third kappa shape index (κ3) is 4.70. The Morgan fingerprint density at radius 3 is 2.68 bits per heavy atom. The number of hydrogen-bond acceptors (Lipinski definition) is 3. The second kappa shape index (κ2) is 8.95. The number of aliphatic imine (C=N–C) groups is 1. The average molecular weight is 383 g/mol.